The van der Waals surface area contributed by atoms with Crippen molar-refractivity contribution in [1.29, 1.82) is 0 Å². The third-order valence-corrected chi connectivity index (χ3v) is 3.59. The van der Waals surface area contributed by atoms with E-state index in [1.807, 2.05) is 41.3 Å². The Morgan fingerprint density at radius 1 is 1.40 bits per heavy atom. The van der Waals surface area contributed by atoms with Crippen molar-refractivity contribution in [3.63, 3.8) is 0 Å². The molecule has 1 aliphatic rings. The second-order valence-electron chi connectivity index (χ2n) is 5.14. The molecule has 3 N–H and O–H groups in total. The maximum atomic E-state index is 5.92. The van der Waals surface area contributed by atoms with Gasteiger partial charge in [0, 0.05) is 25.0 Å². The van der Waals surface area contributed by atoms with Gasteiger partial charge in [-0.25, -0.2) is 0 Å². The number of benzene rings is 1. The lowest BCUT2D eigenvalue weighted by Gasteiger charge is -2.09. The van der Waals surface area contributed by atoms with E-state index in [2.05, 4.69) is 10.4 Å². The van der Waals surface area contributed by atoms with Crippen LogP contribution >= 0.6 is 0 Å². The molecule has 1 aliphatic heterocycles. The summed E-state index contributed by atoms with van der Waals surface area (Å²) < 4.78 is 7.55. The lowest BCUT2D eigenvalue weighted by atomic mass is 10.2. The molecule has 0 spiro atoms. The van der Waals surface area contributed by atoms with Gasteiger partial charge < -0.3 is 15.8 Å². The Bertz CT molecular complexity index is 561. The number of nitrogens with two attached hydrogens (primary N) is 1. The zero-order valence-corrected chi connectivity index (χ0v) is 11.5. The lowest BCUT2D eigenvalue weighted by molar-refractivity contribution is 0.0940. The summed E-state index contributed by atoms with van der Waals surface area (Å²) in [5.74, 6) is 0. The minimum Gasteiger partial charge on any atom is -0.398 e. The van der Waals surface area contributed by atoms with Crippen LogP contribution in [0.1, 0.15) is 18.4 Å². The van der Waals surface area contributed by atoms with Gasteiger partial charge in [0.05, 0.1) is 24.5 Å². The number of anilines is 2. The van der Waals surface area contributed by atoms with Gasteiger partial charge in [-0.1, -0.05) is 18.2 Å². The number of hydrogen-bond acceptors (Lipinski definition) is 4. The fraction of sp³-hybridized carbons (Fsp3) is 0.400. The van der Waals surface area contributed by atoms with Crippen molar-refractivity contribution in [2.45, 2.75) is 32.0 Å². The van der Waals surface area contributed by atoms with Gasteiger partial charge >= 0.3 is 0 Å². The van der Waals surface area contributed by atoms with Crippen molar-refractivity contribution in [1.82, 2.24) is 9.78 Å². The quantitative estimate of drug-likeness (QED) is 0.819. The molecule has 106 valence electrons. The number of nitrogens with one attached hydrogen (secondary N) is 1. The third-order valence-electron chi connectivity index (χ3n) is 3.59. The van der Waals surface area contributed by atoms with E-state index in [0.717, 1.165) is 42.9 Å². The predicted molar refractivity (Wildman–Crippen MR) is 79.4 cm³/mol. The second kappa shape index (κ2) is 5.96. The highest BCUT2D eigenvalue weighted by Crippen LogP contribution is 2.16. The Labute approximate surface area is 118 Å². The van der Waals surface area contributed by atoms with Crippen molar-refractivity contribution < 1.29 is 4.74 Å². The highest BCUT2D eigenvalue weighted by molar-refractivity contribution is 5.49. The molecule has 1 aromatic heterocycles. The summed E-state index contributed by atoms with van der Waals surface area (Å²) in [5, 5.41) is 7.70. The van der Waals surface area contributed by atoms with E-state index in [-0.39, 0.29) is 0 Å². The summed E-state index contributed by atoms with van der Waals surface area (Å²) in [5.41, 5.74) is 8.84. The van der Waals surface area contributed by atoms with E-state index < -0.39 is 0 Å². The molecule has 0 saturated carbocycles. The largest absolute Gasteiger partial charge is 0.398 e. The summed E-state index contributed by atoms with van der Waals surface area (Å²) >= 11 is 0. The molecule has 0 amide bonds. The van der Waals surface area contributed by atoms with Crippen LogP contribution in [0.3, 0.4) is 0 Å². The van der Waals surface area contributed by atoms with Crippen molar-refractivity contribution in [3.05, 3.63) is 42.2 Å². The van der Waals surface area contributed by atoms with E-state index in [0.29, 0.717) is 12.6 Å². The van der Waals surface area contributed by atoms with Crippen LogP contribution in [0.4, 0.5) is 11.4 Å². The van der Waals surface area contributed by atoms with E-state index in [1.165, 1.54) is 0 Å². The predicted octanol–water partition coefficient (Wildman–Crippen LogP) is 2.26. The Kier molecular flexibility index (Phi) is 3.87. The molecule has 5 heteroatoms. The molecule has 3 rings (SSSR count). The van der Waals surface area contributed by atoms with Gasteiger partial charge in [0.2, 0.25) is 0 Å². The smallest absolute Gasteiger partial charge is 0.0771 e. The van der Waals surface area contributed by atoms with Crippen LogP contribution in [0.15, 0.2) is 36.7 Å². The van der Waals surface area contributed by atoms with Gasteiger partial charge in [0.1, 0.15) is 0 Å². The van der Waals surface area contributed by atoms with Gasteiger partial charge in [-0.05, 0) is 24.5 Å². The maximum Gasteiger partial charge on any atom is 0.0771 e. The molecule has 0 bridgehead atoms. The molecule has 1 aromatic carbocycles. The fourth-order valence-electron chi connectivity index (χ4n) is 2.44. The van der Waals surface area contributed by atoms with Gasteiger partial charge in [-0.15, -0.1) is 0 Å². The van der Waals surface area contributed by atoms with Crippen LogP contribution < -0.4 is 11.1 Å². The molecule has 1 saturated heterocycles. The van der Waals surface area contributed by atoms with Gasteiger partial charge in [-0.2, -0.15) is 5.10 Å². The molecule has 5 nitrogen and oxygen atoms in total. The Morgan fingerprint density at radius 3 is 3.10 bits per heavy atom. The first kappa shape index (κ1) is 13.0. The molecule has 0 radical (unpaired) electrons. The highest BCUT2D eigenvalue weighted by atomic mass is 16.5. The molecule has 1 fully saturated rings. The number of aromatic nitrogens is 2. The topological polar surface area (TPSA) is 65.1 Å². The Hall–Kier alpha value is -2.01. The number of nitrogens with zero attached hydrogens (tertiary/aromatic N) is 2. The van der Waals surface area contributed by atoms with E-state index in [1.54, 1.807) is 0 Å². The van der Waals surface area contributed by atoms with Crippen LogP contribution in [-0.2, 0) is 17.8 Å². The highest BCUT2D eigenvalue weighted by Gasteiger charge is 2.16. The Balaban J connectivity index is 1.56. The lowest BCUT2D eigenvalue weighted by Crippen LogP contribution is -2.15. The number of hydrogen-bond donors (Lipinski definition) is 2. The van der Waals surface area contributed by atoms with E-state index in [9.17, 15) is 0 Å². The monoisotopic (exact) mass is 272 g/mol. The average Bonchev–Trinajstić information content (AvgIpc) is 3.10. The maximum absolute atomic E-state index is 5.92. The summed E-state index contributed by atoms with van der Waals surface area (Å²) in [7, 11) is 0. The van der Waals surface area contributed by atoms with Crippen molar-refractivity contribution >= 4 is 11.4 Å². The number of rotatable bonds is 5. The van der Waals surface area contributed by atoms with Gasteiger partial charge in [0.25, 0.3) is 0 Å². The normalized spacial score (nSPS) is 18.3. The number of para-hydroxylation sites is 1. The first-order chi connectivity index (χ1) is 9.81. The third kappa shape index (κ3) is 3.11. The number of ether oxygens (including phenoxy) is 1. The summed E-state index contributed by atoms with van der Waals surface area (Å²) in [6.45, 7) is 2.41. The van der Waals surface area contributed by atoms with Gasteiger partial charge in [-0.3, -0.25) is 4.68 Å². The molecule has 2 aromatic rings. The minimum atomic E-state index is 0.313. The van der Waals surface area contributed by atoms with E-state index >= 15 is 0 Å². The van der Waals surface area contributed by atoms with Crippen LogP contribution in [0.5, 0.6) is 0 Å². The van der Waals surface area contributed by atoms with Crippen molar-refractivity contribution in [3.8, 4) is 0 Å². The fourth-order valence-corrected chi connectivity index (χ4v) is 2.44. The molecule has 20 heavy (non-hydrogen) atoms. The molecule has 1 atom stereocenters. The van der Waals surface area contributed by atoms with Crippen LogP contribution in [0.2, 0.25) is 0 Å². The molecule has 0 aliphatic carbocycles. The second-order valence-corrected chi connectivity index (χ2v) is 5.14. The number of nitrogen functional groups attached to an aromatic ring is 1. The Morgan fingerprint density at radius 2 is 2.30 bits per heavy atom. The standard InChI is InChI=1S/C15H20N4O/c16-15-6-2-1-4-12(15)8-17-13-9-18-19(10-13)11-14-5-3-7-20-14/h1-2,4,6,9-10,14,17H,3,5,7-8,11,16H2. The summed E-state index contributed by atoms with van der Waals surface area (Å²) in [4.78, 5) is 0. The van der Waals surface area contributed by atoms with Crippen molar-refractivity contribution in [2.24, 2.45) is 0 Å². The molecular weight excluding hydrogens is 252 g/mol. The zero-order chi connectivity index (χ0) is 13.8. The molecular formula is C15H20N4O. The molecule has 2 heterocycles. The first-order valence-corrected chi connectivity index (χ1v) is 7.02. The minimum absolute atomic E-state index is 0.313. The van der Waals surface area contributed by atoms with Crippen LogP contribution in [-0.4, -0.2) is 22.5 Å². The summed E-state index contributed by atoms with van der Waals surface area (Å²) in [6, 6.07) is 7.88. The van der Waals surface area contributed by atoms with Crippen LogP contribution in [0, 0.1) is 0 Å². The van der Waals surface area contributed by atoms with E-state index in [4.69, 9.17) is 10.5 Å². The van der Waals surface area contributed by atoms with Crippen molar-refractivity contribution in [2.75, 3.05) is 17.7 Å². The average molecular weight is 272 g/mol. The molecule has 1 unspecified atom stereocenters. The zero-order valence-electron chi connectivity index (χ0n) is 11.5. The van der Waals surface area contributed by atoms with Gasteiger partial charge in [0.15, 0.2) is 0 Å². The summed E-state index contributed by atoms with van der Waals surface area (Å²) in [6.07, 6.45) is 6.45. The SMILES string of the molecule is Nc1ccccc1CNc1cnn(CC2CCCO2)c1. The van der Waals surface area contributed by atoms with Crippen LogP contribution in [0.25, 0.3) is 0 Å². The first-order valence-electron chi connectivity index (χ1n) is 7.02.